The van der Waals surface area contributed by atoms with Crippen LogP contribution in [0.2, 0.25) is 0 Å². The Morgan fingerprint density at radius 2 is 1.63 bits per heavy atom. The first-order valence-electron chi connectivity index (χ1n) is 8.20. The zero-order valence-electron chi connectivity index (χ0n) is 14.3. The number of nitrogens with one attached hydrogen (secondary N) is 3. The number of thiocarbonyl (C=S) groups is 1. The van der Waals surface area contributed by atoms with Crippen molar-refractivity contribution in [3.8, 4) is 0 Å². The normalized spacial score (nSPS) is 10.1. The van der Waals surface area contributed by atoms with Crippen LogP contribution >= 0.6 is 12.2 Å². The molecule has 0 saturated heterocycles. The van der Waals surface area contributed by atoms with Crippen molar-refractivity contribution in [3.05, 3.63) is 89.9 Å². The van der Waals surface area contributed by atoms with Gasteiger partial charge in [0.1, 0.15) is 0 Å². The molecular weight excluding hydrogens is 362 g/mol. The smallest absolute Gasteiger partial charge is 0.293 e. The molecular formula is C20H17N3O3S. The summed E-state index contributed by atoms with van der Waals surface area (Å²) in [6.45, 7) is 0.410. The Morgan fingerprint density at radius 1 is 0.889 bits per heavy atom. The molecule has 0 spiro atoms. The van der Waals surface area contributed by atoms with Crippen LogP contribution in [0.4, 0.5) is 5.69 Å². The molecule has 0 aliphatic heterocycles. The zero-order chi connectivity index (χ0) is 19.1. The summed E-state index contributed by atoms with van der Waals surface area (Å²) in [5.74, 6) is -0.571. The van der Waals surface area contributed by atoms with E-state index in [1.165, 1.54) is 12.3 Å². The van der Waals surface area contributed by atoms with E-state index in [0.717, 1.165) is 5.56 Å². The van der Waals surface area contributed by atoms with Gasteiger partial charge in [0.05, 0.1) is 17.5 Å². The van der Waals surface area contributed by atoms with Crippen LogP contribution in [0.3, 0.4) is 0 Å². The van der Waals surface area contributed by atoms with Crippen LogP contribution < -0.4 is 16.0 Å². The number of rotatable bonds is 5. The first-order valence-corrected chi connectivity index (χ1v) is 8.61. The Kier molecular flexibility index (Phi) is 5.96. The molecule has 0 unspecified atom stereocenters. The molecule has 3 rings (SSSR count). The first kappa shape index (κ1) is 18.3. The molecule has 0 fully saturated rings. The van der Waals surface area contributed by atoms with E-state index >= 15 is 0 Å². The van der Waals surface area contributed by atoms with E-state index in [-0.39, 0.29) is 16.8 Å². The SMILES string of the molecule is O=C(NC(=S)Nc1ccccc1C(=O)NCc1ccccc1)c1ccco1. The minimum absolute atomic E-state index is 0.0692. The van der Waals surface area contributed by atoms with Gasteiger partial charge in [-0.15, -0.1) is 0 Å². The van der Waals surface area contributed by atoms with Crippen molar-refractivity contribution < 1.29 is 14.0 Å². The topological polar surface area (TPSA) is 83.4 Å². The third kappa shape index (κ3) is 5.02. The van der Waals surface area contributed by atoms with E-state index in [1.54, 1.807) is 30.3 Å². The van der Waals surface area contributed by atoms with Crippen molar-refractivity contribution in [2.24, 2.45) is 0 Å². The second-order valence-electron chi connectivity index (χ2n) is 5.60. The van der Waals surface area contributed by atoms with Crippen molar-refractivity contribution in [3.63, 3.8) is 0 Å². The molecule has 2 aromatic carbocycles. The van der Waals surface area contributed by atoms with Crippen molar-refractivity contribution in [1.82, 2.24) is 10.6 Å². The van der Waals surface area contributed by atoms with Gasteiger partial charge in [-0.2, -0.15) is 0 Å². The molecule has 0 saturated carbocycles. The van der Waals surface area contributed by atoms with Gasteiger partial charge in [0.2, 0.25) is 0 Å². The number of anilines is 1. The minimum Gasteiger partial charge on any atom is -0.459 e. The quantitative estimate of drug-likeness (QED) is 0.592. The Labute approximate surface area is 161 Å². The van der Waals surface area contributed by atoms with Crippen molar-refractivity contribution in [2.45, 2.75) is 6.54 Å². The van der Waals surface area contributed by atoms with Crippen molar-refractivity contribution in [2.75, 3.05) is 5.32 Å². The highest BCUT2D eigenvalue weighted by molar-refractivity contribution is 7.80. The third-order valence-electron chi connectivity index (χ3n) is 3.69. The number of carbonyl (C=O) groups excluding carboxylic acids is 2. The molecule has 2 amide bonds. The van der Waals surface area contributed by atoms with Gasteiger partial charge in [0, 0.05) is 6.54 Å². The Bertz CT molecular complexity index is 940. The fourth-order valence-electron chi connectivity index (χ4n) is 2.39. The molecule has 0 bridgehead atoms. The average Bonchev–Trinajstić information content (AvgIpc) is 3.22. The molecule has 7 heteroatoms. The van der Waals surface area contributed by atoms with Crippen LogP contribution in [0.25, 0.3) is 0 Å². The highest BCUT2D eigenvalue weighted by Crippen LogP contribution is 2.15. The summed E-state index contributed by atoms with van der Waals surface area (Å²) in [4.78, 5) is 24.5. The summed E-state index contributed by atoms with van der Waals surface area (Å²) in [5, 5.41) is 8.33. The van der Waals surface area contributed by atoms with Gasteiger partial charge < -0.3 is 15.1 Å². The first-order chi connectivity index (χ1) is 13.1. The molecule has 1 aromatic heterocycles. The minimum atomic E-state index is -0.469. The molecule has 0 atom stereocenters. The molecule has 0 aliphatic carbocycles. The van der Waals surface area contributed by atoms with Crippen LogP contribution in [0.5, 0.6) is 0 Å². The van der Waals surface area contributed by atoms with Crippen LogP contribution in [-0.2, 0) is 6.54 Å². The number of carbonyl (C=O) groups is 2. The van der Waals surface area contributed by atoms with E-state index in [0.29, 0.717) is 17.8 Å². The van der Waals surface area contributed by atoms with Crippen LogP contribution in [0, 0.1) is 0 Å². The van der Waals surface area contributed by atoms with Crippen molar-refractivity contribution in [1.29, 1.82) is 0 Å². The number of benzene rings is 2. The molecule has 6 nitrogen and oxygen atoms in total. The third-order valence-corrected chi connectivity index (χ3v) is 3.89. The standard InChI is InChI=1S/C20H17N3O3S/c24-18(21-13-14-7-2-1-3-8-14)15-9-4-5-10-16(15)22-20(27)23-19(25)17-11-6-12-26-17/h1-12H,13H2,(H,21,24)(H2,22,23,25,27). The summed E-state index contributed by atoms with van der Waals surface area (Å²) in [7, 11) is 0. The van der Waals surface area contributed by atoms with Gasteiger partial charge in [0.25, 0.3) is 11.8 Å². The van der Waals surface area contributed by atoms with E-state index in [4.69, 9.17) is 16.6 Å². The van der Waals surface area contributed by atoms with Crippen LogP contribution in [0.15, 0.2) is 77.4 Å². The van der Waals surface area contributed by atoms with E-state index in [9.17, 15) is 9.59 Å². The number of hydrogen-bond donors (Lipinski definition) is 3. The lowest BCUT2D eigenvalue weighted by atomic mass is 10.1. The molecule has 136 valence electrons. The zero-order valence-corrected chi connectivity index (χ0v) is 15.1. The number of furan rings is 1. The molecule has 1 heterocycles. The van der Waals surface area contributed by atoms with Crippen molar-refractivity contribution >= 4 is 34.8 Å². The summed E-state index contributed by atoms with van der Waals surface area (Å²) in [6, 6.07) is 19.7. The fraction of sp³-hybridized carbons (Fsp3) is 0.0500. The lowest BCUT2D eigenvalue weighted by Crippen LogP contribution is -2.34. The van der Waals surface area contributed by atoms with Gasteiger partial charge in [-0.1, -0.05) is 42.5 Å². The maximum absolute atomic E-state index is 12.5. The number of hydrogen-bond acceptors (Lipinski definition) is 4. The molecule has 3 N–H and O–H groups in total. The Hall–Kier alpha value is -3.45. The maximum Gasteiger partial charge on any atom is 0.293 e. The van der Waals surface area contributed by atoms with E-state index < -0.39 is 5.91 Å². The lowest BCUT2D eigenvalue weighted by molar-refractivity contribution is 0.0944. The van der Waals surface area contributed by atoms with Gasteiger partial charge in [-0.05, 0) is 42.0 Å². The summed E-state index contributed by atoms with van der Waals surface area (Å²) < 4.78 is 5.02. The lowest BCUT2D eigenvalue weighted by Gasteiger charge is -2.13. The Balaban J connectivity index is 1.63. The second-order valence-corrected chi connectivity index (χ2v) is 6.01. The van der Waals surface area contributed by atoms with Gasteiger partial charge in [-0.3, -0.25) is 14.9 Å². The summed E-state index contributed by atoms with van der Waals surface area (Å²) in [5.41, 5.74) is 1.91. The molecule has 0 radical (unpaired) electrons. The monoisotopic (exact) mass is 379 g/mol. The predicted octanol–water partition coefficient (Wildman–Crippen LogP) is 3.34. The maximum atomic E-state index is 12.5. The second kappa shape index (κ2) is 8.77. The fourth-order valence-corrected chi connectivity index (χ4v) is 2.59. The molecule has 0 aliphatic rings. The largest absolute Gasteiger partial charge is 0.459 e. The molecule has 27 heavy (non-hydrogen) atoms. The van der Waals surface area contributed by atoms with E-state index in [2.05, 4.69) is 16.0 Å². The van der Waals surface area contributed by atoms with Gasteiger partial charge in [0.15, 0.2) is 10.9 Å². The van der Waals surface area contributed by atoms with Gasteiger partial charge in [-0.25, -0.2) is 0 Å². The average molecular weight is 379 g/mol. The summed E-state index contributed by atoms with van der Waals surface area (Å²) >= 11 is 5.16. The highest BCUT2D eigenvalue weighted by atomic mass is 32.1. The van der Waals surface area contributed by atoms with Crippen LogP contribution in [-0.4, -0.2) is 16.9 Å². The molecule has 3 aromatic rings. The van der Waals surface area contributed by atoms with Gasteiger partial charge >= 0.3 is 0 Å². The predicted molar refractivity (Wildman–Crippen MR) is 106 cm³/mol. The van der Waals surface area contributed by atoms with Crippen LogP contribution in [0.1, 0.15) is 26.5 Å². The Morgan fingerprint density at radius 3 is 2.37 bits per heavy atom. The van der Waals surface area contributed by atoms with E-state index in [1.807, 2.05) is 30.3 Å². The summed E-state index contributed by atoms with van der Waals surface area (Å²) in [6.07, 6.45) is 1.40. The number of amides is 2. The number of para-hydroxylation sites is 1. The highest BCUT2D eigenvalue weighted by Gasteiger charge is 2.14.